The molecule has 4 nitrogen and oxygen atoms in total. The van der Waals surface area contributed by atoms with E-state index in [0.29, 0.717) is 5.57 Å². The van der Waals surface area contributed by atoms with Crippen molar-refractivity contribution in [1.82, 2.24) is 0 Å². The van der Waals surface area contributed by atoms with Crippen molar-refractivity contribution < 1.29 is 15.0 Å². The first kappa shape index (κ1) is 12.0. The predicted molar refractivity (Wildman–Crippen MR) is 50.6 cm³/mol. The van der Waals surface area contributed by atoms with E-state index in [9.17, 15) is 4.79 Å². The molecule has 0 aromatic carbocycles. The van der Waals surface area contributed by atoms with E-state index in [1.54, 1.807) is 19.9 Å². The van der Waals surface area contributed by atoms with Crippen molar-refractivity contribution in [1.29, 1.82) is 0 Å². The van der Waals surface area contributed by atoms with Crippen LogP contribution in [0.5, 0.6) is 0 Å². The summed E-state index contributed by atoms with van der Waals surface area (Å²) in [6, 6.07) is 0. The molecule has 2 N–H and O–H groups in total. The summed E-state index contributed by atoms with van der Waals surface area (Å²) in [5.41, 5.74) is 0.508. The number of nitrogens with zero attached hydrogens (tertiary/aromatic N) is 1. The molecule has 2 atom stereocenters. The van der Waals surface area contributed by atoms with Crippen LogP contribution in [0.15, 0.2) is 16.6 Å². The number of carbonyl (C=O) groups is 1. The number of allylic oxidation sites excluding steroid dienone is 1. The van der Waals surface area contributed by atoms with Gasteiger partial charge < -0.3 is 10.2 Å². The molecule has 0 rings (SSSR count). The van der Waals surface area contributed by atoms with Gasteiger partial charge in [0, 0.05) is 11.8 Å². The van der Waals surface area contributed by atoms with E-state index < -0.39 is 18.1 Å². The average molecular weight is 185 g/mol. The van der Waals surface area contributed by atoms with E-state index in [2.05, 4.69) is 4.99 Å². The minimum absolute atomic E-state index is 0.401. The van der Waals surface area contributed by atoms with Crippen LogP contribution in [0.3, 0.4) is 0 Å². The third-order valence-corrected chi connectivity index (χ3v) is 1.61. The van der Waals surface area contributed by atoms with Crippen molar-refractivity contribution in [2.45, 2.75) is 33.0 Å². The van der Waals surface area contributed by atoms with Gasteiger partial charge in [-0.05, 0) is 20.8 Å². The lowest BCUT2D eigenvalue weighted by Gasteiger charge is -2.06. The van der Waals surface area contributed by atoms with Crippen molar-refractivity contribution in [3.63, 3.8) is 0 Å². The summed E-state index contributed by atoms with van der Waals surface area (Å²) in [5, 5.41) is 17.9. The van der Waals surface area contributed by atoms with Crippen molar-refractivity contribution in [2.75, 3.05) is 0 Å². The molecule has 2 unspecified atom stereocenters. The Labute approximate surface area is 77.6 Å². The molecule has 0 fully saturated rings. The van der Waals surface area contributed by atoms with Crippen LogP contribution in [0.1, 0.15) is 20.8 Å². The van der Waals surface area contributed by atoms with Gasteiger partial charge in [0.15, 0.2) is 0 Å². The average Bonchev–Trinajstić information content (AvgIpc) is 2.11. The predicted octanol–water partition coefficient (Wildman–Crippen LogP) is 0.292. The van der Waals surface area contributed by atoms with Crippen LogP contribution < -0.4 is 0 Å². The second-order valence-corrected chi connectivity index (χ2v) is 2.79. The fourth-order valence-corrected chi connectivity index (χ4v) is 0.494. The van der Waals surface area contributed by atoms with Crippen molar-refractivity contribution >= 4 is 12.1 Å². The van der Waals surface area contributed by atoms with Crippen LogP contribution in [0, 0.1) is 0 Å². The molecule has 4 heteroatoms. The van der Waals surface area contributed by atoms with Crippen LogP contribution in [0.4, 0.5) is 0 Å². The Bertz CT molecular complexity index is 231. The third kappa shape index (κ3) is 4.55. The Kier molecular flexibility index (Phi) is 5.18. The van der Waals surface area contributed by atoms with Crippen LogP contribution >= 0.6 is 0 Å². The zero-order chi connectivity index (χ0) is 10.4. The van der Waals surface area contributed by atoms with Gasteiger partial charge >= 0.3 is 0 Å². The fourth-order valence-electron chi connectivity index (χ4n) is 0.494. The minimum Gasteiger partial charge on any atom is -0.390 e. The summed E-state index contributed by atoms with van der Waals surface area (Å²) in [5.74, 6) is -0.401. The second kappa shape index (κ2) is 5.61. The summed E-state index contributed by atoms with van der Waals surface area (Å²) in [7, 11) is 0. The molecule has 0 spiro atoms. The zero-order valence-corrected chi connectivity index (χ0v) is 8.06. The van der Waals surface area contributed by atoms with Crippen molar-refractivity contribution in [3.05, 3.63) is 11.6 Å². The van der Waals surface area contributed by atoms with Crippen LogP contribution in [0.25, 0.3) is 0 Å². The Balaban J connectivity index is 4.21. The summed E-state index contributed by atoms with van der Waals surface area (Å²) in [6.07, 6.45) is 0.671. The molecular weight excluding hydrogens is 170 g/mol. The molecule has 1 amide bonds. The molecule has 0 saturated heterocycles. The van der Waals surface area contributed by atoms with Crippen molar-refractivity contribution in [3.8, 4) is 0 Å². The van der Waals surface area contributed by atoms with Crippen LogP contribution in [0.2, 0.25) is 0 Å². The molecule has 13 heavy (non-hydrogen) atoms. The Morgan fingerprint density at radius 2 is 2.00 bits per heavy atom. The quantitative estimate of drug-likeness (QED) is 0.490. The molecule has 0 aliphatic heterocycles. The molecular formula is C9H15NO3. The first-order valence-corrected chi connectivity index (χ1v) is 4.06. The van der Waals surface area contributed by atoms with Gasteiger partial charge in [-0.25, -0.2) is 4.99 Å². The van der Waals surface area contributed by atoms with Gasteiger partial charge in [-0.2, -0.15) is 0 Å². The van der Waals surface area contributed by atoms with Gasteiger partial charge in [-0.1, -0.05) is 6.08 Å². The second-order valence-electron chi connectivity index (χ2n) is 2.79. The number of aliphatic imine (C=N–C) groups is 1. The number of rotatable bonds is 3. The summed E-state index contributed by atoms with van der Waals surface area (Å²) < 4.78 is 0. The number of aliphatic hydroxyl groups is 2. The molecule has 0 heterocycles. The van der Waals surface area contributed by atoms with Crippen molar-refractivity contribution in [2.24, 2.45) is 4.99 Å². The summed E-state index contributed by atoms with van der Waals surface area (Å²) in [4.78, 5) is 14.5. The Morgan fingerprint density at radius 3 is 2.38 bits per heavy atom. The first-order chi connectivity index (χ1) is 5.99. The minimum atomic E-state index is -1.09. The highest BCUT2D eigenvalue weighted by atomic mass is 16.3. The van der Waals surface area contributed by atoms with Gasteiger partial charge in [0.25, 0.3) is 5.91 Å². The van der Waals surface area contributed by atoms with Crippen LogP contribution in [-0.2, 0) is 4.79 Å². The molecule has 0 aromatic rings. The van der Waals surface area contributed by atoms with E-state index >= 15 is 0 Å². The largest absolute Gasteiger partial charge is 0.390 e. The van der Waals surface area contributed by atoms with Gasteiger partial charge in [-0.15, -0.1) is 0 Å². The number of carbonyl (C=O) groups excluding carboxylic acids is 1. The van der Waals surface area contributed by atoms with E-state index in [-0.39, 0.29) is 0 Å². The molecule has 74 valence electrons. The number of hydrogen-bond acceptors (Lipinski definition) is 3. The topological polar surface area (TPSA) is 69.9 Å². The lowest BCUT2D eigenvalue weighted by Crippen LogP contribution is -2.24. The van der Waals surface area contributed by atoms with Gasteiger partial charge in [0.05, 0.1) is 6.10 Å². The van der Waals surface area contributed by atoms with Crippen LogP contribution in [-0.4, -0.2) is 34.5 Å². The molecule has 0 radical (unpaired) electrons. The number of hydrogen-bond donors (Lipinski definition) is 2. The maximum Gasteiger partial charge on any atom is 0.272 e. The number of aliphatic hydroxyl groups excluding tert-OH is 2. The SMILES string of the molecule is C/C=C(\C)C(=O)N=CC(O)C(C)O. The highest BCUT2D eigenvalue weighted by Gasteiger charge is 2.08. The van der Waals surface area contributed by atoms with E-state index in [0.717, 1.165) is 6.21 Å². The molecule has 0 aliphatic carbocycles. The molecule has 0 aliphatic rings. The maximum atomic E-state index is 11.0. The lowest BCUT2D eigenvalue weighted by atomic mass is 10.2. The Hall–Kier alpha value is -1.00. The Morgan fingerprint density at radius 1 is 1.46 bits per heavy atom. The lowest BCUT2D eigenvalue weighted by molar-refractivity contribution is -0.114. The fraction of sp³-hybridized carbons (Fsp3) is 0.556. The standard InChI is InChI=1S/C9H15NO3/c1-4-6(2)9(13)10-5-8(12)7(3)11/h4-5,7-8,11-12H,1-3H3/b6-4+,10-5?. The highest BCUT2D eigenvalue weighted by molar-refractivity contribution is 5.98. The summed E-state index contributed by atoms with van der Waals surface area (Å²) in [6.45, 7) is 4.78. The first-order valence-electron chi connectivity index (χ1n) is 4.06. The van der Waals surface area contributed by atoms with E-state index in [1.165, 1.54) is 6.92 Å². The van der Waals surface area contributed by atoms with Gasteiger partial charge in [0.1, 0.15) is 6.10 Å². The maximum absolute atomic E-state index is 11.0. The molecule has 0 saturated carbocycles. The normalized spacial score (nSPS) is 17.5. The third-order valence-electron chi connectivity index (χ3n) is 1.61. The highest BCUT2D eigenvalue weighted by Crippen LogP contribution is 1.95. The van der Waals surface area contributed by atoms with Gasteiger partial charge in [0.2, 0.25) is 0 Å². The molecule has 0 aromatic heterocycles. The number of amides is 1. The zero-order valence-electron chi connectivity index (χ0n) is 8.06. The van der Waals surface area contributed by atoms with Gasteiger partial charge in [-0.3, -0.25) is 4.79 Å². The van der Waals surface area contributed by atoms with E-state index in [4.69, 9.17) is 10.2 Å². The van der Waals surface area contributed by atoms with E-state index in [1.807, 2.05) is 0 Å². The summed E-state index contributed by atoms with van der Waals surface area (Å²) >= 11 is 0. The molecule has 0 bridgehead atoms. The smallest absolute Gasteiger partial charge is 0.272 e. The monoisotopic (exact) mass is 185 g/mol.